The van der Waals surface area contributed by atoms with E-state index in [9.17, 15) is 13.6 Å². The van der Waals surface area contributed by atoms with Gasteiger partial charge in [-0.25, -0.2) is 13.8 Å². The van der Waals surface area contributed by atoms with E-state index in [2.05, 4.69) is 10.3 Å². The molecular formula is C19H13F2N3OS. The highest BCUT2D eigenvalue weighted by Gasteiger charge is 2.19. The molecule has 0 aliphatic heterocycles. The SMILES string of the molecule is Cc1c(C(=O)Nc2cc(F)ccc2F)sc2nc(-c3ccccc3)cn12. The van der Waals surface area contributed by atoms with E-state index in [0.717, 1.165) is 29.5 Å². The van der Waals surface area contributed by atoms with E-state index in [4.69, 9.17) is 0 Å². The first-order valence-corrected chi connectivity index (χ1v) is 8.65. The first-order valence-electron chi connectivity index (χ1n) is 7.83. The van der Waals surface area contributed by atoms with Gasteiger partial charge in [-0.05, 0) is 19.1 Å². The van der Waals surface area contributed by atoms with Gasteiger partial charge in [-0.3, -0.25) is 9.20 Å². The first kappa shape index (κ1) is 16.4. The largest absolute Gasteiger partial charge is 0.319 e. The molecule has 1 N–H and O–H groups in total. The van der Waals surface area contributed by atoms with Crippen LogP contribution in [0.4, 0.5) is 14.5 Å². The standard InChI is InChI=1S/C19H13F2N3OS/c1-11-17(18(25)22-15-9-13(20)7-8-14(15)21)26-19-23-16(10-24(11)19)12-5-3-2-4-6-12/h2-10H,1H3,(H,22,25). The summed E-state index contributed by atoms with van der Waals surface area (Å²) in [6, 6.07) is 12.6. The zero-order valence-electron chi connectivity index (χ0n) is 13.7. The van der Waals surface area contributed by atoms with Gasteiger partial charge in [0.2, 0.25) is 0 Å². The van der Waals surface area contributed by atoms with Gasteiger partial charge < -0.3 is 5.32 Å². The van der Waals surface area contributed by atoms with E-state index < -0.39 is 17.5 Å². The number of carbonyl (C=O) groups excluding carboxylic acids is 1. The molecule has 0 fully saturated rings. The van der Waals surface area contributed by atoms with Crippen molar-refractivity contribution in [1.82, 2.24) is 9.38 Å². The summed E-state index contributed by atoms with van der Waals surface area (Å²) < 4.78 is 28.8. The van der Waals surface area contributed by atoms with Crippen LogP contribution in [0.3, 0.4) is 0 Å². The van der Waals surface area contributed by atoms with Crippen LogP contribution in [0.15, 0.2) is 54.7 Å². The molecule has 130 valence electrons. The zero-order chi connectivity index (χ0) is 18.3. The number of amides is 1. The van der Waals surface area contributed by atoms with Gasteiger partial charge in [-0.1, -0.05) is 41.7 Å². The number of halogens is 2. The lowest BCUT2D eigenvalue weighted by Gasteiger charge is -2.05. The molecule has 0 radical (unpaired) electrons. The number of benzene rings is 2. The average Bonchev–Trinajstić information content (AvgIpc) is 3.19. The van der Waals surface area contributed by atoms with Crippen LogP contribution < -0.4 is 5.32 Å². The molecule has 4 aromatic rings. The Morgan fingerprint density at radius 3 is 2.65 bits per heavy atom. The van der Waals surface area contributed by atoms with Crippen molar-refractivity contribution in [2.75, 3.05) is 5.32 Å². The van der Waals surface area contributed by atoms with E-state index in [1.165, 1.54) is 11.3 Å². The Bertz CT molecular complexity index is 1120. The Balaban J connectivity index is 1.67. The molecule has 0 atom stereocenters. The van der Waals surface area contributed by atoms with Crippen LogP contribution in [0.2, 0.25) is 0 Å². The number of nitrogens with zero attached hydrogens (tertiary/aromatic N) is 2. The van der Waals surface area contributed by atoms with Crippen molar-refractivity contribution in [3.8, 4) is 11.3 Å². The third kappa shape index (κ3) is 2.86. The molecule has 26 heavy (non-hydrogen) atoms. The average molecular weight is 369 g/mol. The van der Waals surface area contributed by atoms with Gasteiger partial charge in [0, 0.05) is 23.5 Å². The summed E-state index contributed by atoms with van der Waals surface area (Å²) in [4.78, 5) is 18.1. The smallest absolute Gasteiger partial charge is 0.267 e. The minimum atomic E-state index is -0.690. The summed E-state index contributed by atoms with van der Waals surface area (Å²) in [5, 5.41) is 2.42. The highest BCUT2D eigenvalue weighted by atomic mass is 32.1. The quantitative estimate of drug-likeness (QED) is 0.558. The normalized spacial score (nSPS) is 11.0. The maximum atomic E-state index is 13.7. The van der Waals surface area contributed by atoms with Gasteiger partial charge in [-0.15, -0.1) is 0 Å². The van der Waals surface area contributed by atoms with Gasteiger partial charge in [0.1, 0.15) is 16.5 Å². The van der Waals surface area contributed by atoms with E-state index in [1.54, 1.807) is 6.92 Å². The Kier molecular flexibility index (Phi) is 4.00. The molecule has 7 heteroatoms. The van der Waals surface area contributed by atoms with Crippen LogP contribution in [0.1, 0.15) is 15.4 Å². The predicted molar refractivity (Wildman–Crippen MR) is 97.6 cm³/mol. The molecule has 0 saturated heterocycles. The van der Waals surface area contributed by atoms with Gasteiger partial charge in [0.25, 0.3) is 5.91 Å². The van der Waals surface area contributed by atoms with Crippen molar-refractivity contribution in [1.29, 1.82) is 0 Å². The lowest BCUT2D eigenvalue weighted by Crippen LogP contribution is -2.13. The van der Waals surface area contributed by atoms with Gasteiger partial charge in [0.05, 0.1) is 11.4 Å². The summed E-state index contributed by atoms with van der Waals surface area (Å²) in [6.07, 6.45) is 1.86. The van der Waals surface area contributed by atoms with Gasteiger partial charge in [-0.2, -0.15) is 0 Å². The Morgan fingerprint density at radius 1 is 1.15 bits per heavy atom. The van der Waals surface area contributed by atoms with Gasteiger partial charge >= 0.3 is 0 Å². The maximum absolute atomic E-state index is 13.7. The van der Waals surface area contributed by atoms with Crippen LogP contribution in [-0.4, -0.2) is 15.3 Å². The highest BCUT2D eigenvalue weighted by molar-refractivity contribution is 7.19. The second-order valence-corrected chi connectivity index (χ2v) is 6.72. The molecular weight excluding hydrogens is 356 g/mol. The first-order chi connectivity index (χ1) is 12.5. The highest BCUT2D eigenvalue weighted by Crippen LogP contribution is 2.28. The Labute approximate surface area is 151 Å². The molecule has 4 nitrogen and oxygen atoms in total. The van der Waals surface area contributed by atoms with Crippen LogP contribution in [0.25, 0.3) is 16.2 Å². The third-order valence-electron chi connectivity index (χ3n) is 4.01. The summed E-state index contributed by atoms with van der Waals surface area (Å²) in [5.41, 5.74) is 2.29. The number of hydrogen-bond acceptors (Lipinski definition) is 3. The molecule has 2 aromatic carbocycles. The minimum absolute atomic E-state index is 0.189. The van der Waals surface area contributed by atoms with Crippen LogP contribution in [0, 0.1) is 18.6 Å². The van der Waals surface area contributed by atoms with Crippen LogP contribution in [0.5, 0.6) is 0 Å². The van der Waals surface area contributed by atoms with Crippen molar-refractivity contribution in [3.63, 3.8) is 0 Å². The van der Waals surface area contributed by atoms with Crippen molar-refractivity contribution in [2.24, 2.45) is 0 Å². The molecule has 1 amide bonds. The fourth-order valence-corrected chi connectivity index (χ4v) is 3.69. The number of nitrogens with one attached hydrogen (secondary N) is 1. The number of hydrogen-bond donors (Lipinski definition) is 1. The molecule has 0 aliphatic rings. The van der Waals surface area contributed by atoms with Crippen molar-refractivity contribution < 1.29 is 13.6 Å². The second-order valence-electron chi connectivity index (χ2n) is 5.74. The number of fused-ring (bicyclic) bond motifs is 1. The molecule has 0 unspecified atom stereocenters. The summed E-state index contributed by atoms with van der Waals surface area (Å²) >= 11 is 1.20. The molecule has 0 bridgehead atoms. The van der Waals surface area contributed by atoms with E-state index in [0.29, 0.717) is 15.5 Å². The summed E-state index contributed by atoms with van der Waals surface area (Å²) in [5.74, 6) is -1.80. The monoisotopic (exact) mass is 369 g/mol. The Hall–Kier alpha value is -3.06. The van der Waals surface area contributed by atoms with E-state index >= 15 is 0 Å². The predicted octanol–water partition coefficient (Wildman–Crippen LogP) is 4.90. The fourth-order valence-electron chi connectivity index (χ4n) is 2.68. The Morgan fingerprint density at radius 2 is 1.92 bits per heavy atom. The number of aromatic nitrogens is 2. The second kappa shape index (κ2) is 6.34. The molecule has 0 saturated carbocycles. The number of rotatable bonds is 3. The topological polar surface area (TPSA) is 46.4 Å². The summed E-state index contributed by atoms with van der Waals surface area (Å²) in [7, 11) is 0. The lowest BCUT2D eigenvalue weighted by atomic mass is 10.2. The minimum Gasteiger partial charge on any atom is -0.319 e. The molecule has 4 rings (SSSR count). The number of thiazole rings is 1. The lowest BCUT2D eigenvalue weighted by molar-refractivity contribution is 0.102. The molecule has 0 aliphatic carbocycles. The fraction of sp³-hybridized carbons (Fsp3) is 0.0526. The zero-order valence-corrected chi connectivity index (χ0v) is 14.5. The number of imidazole rings is 1. The summed E-state index contributed by atoms with van der Waals surface area (Å²) in [6.45, 7) is 1.79. The van der Waals surface area contributed by atoms with Gasteiger partial charge in [0.15, 0.2) is 4.96 Å². The number of carbonyl (C=O) groups is 1. The van der Waals surface area contributed by atoms with E-state index in [1.807, 2.05) is 40.9 Å². The van der Waals surface area contributed by atoms with Crippen molar-refractivity contribution in [2.45, 2.75) is 6.92 Å². The van der Waals surface area contributed by atoms with Crippen LogP contribution in [-0.2, 0) is 0 Å². The number of aryl methyl sites for hydroxylation is 1. The maximum Gasteiger partial charge on any atom is 0.267 e. The van der Waals surface area contributed by atoms with Crippen molar-refractivity contribution in [3.05, 3.63) is 76.9 Å². The van der Waals surface area contributed by atoms with E-state index in [-0.39, 0.29) is 5.69 Å². The van der Waals surface area contributed by atoms with Crippen molar-refractivity contribution >= 4 is 27.9 Å². The molecule has 2 heterocycles. The number of anilines is 1. The van der Waals surface area contributed by atoms with Crippen LogP contribution >= 0.6 is 11.3 Å². The molecule has 2 aromatic heterocycles. The third-order valence-corrected chi connectivity index (χ3v) is 5.16. The molecule has 0 spiro atoms.